The molecular weight excluding hydrogens is 214 g/mol. The average Bonchev–Trinajstić information content (AvgIpc) is 2.19. The molecule has 0 aliphatic heterocycles. The lowest BCUT2D eigenvalue weighted by Crippen LogP contribution is -2.33. The molecule has 0 amide bonds. The van der Waals surface area contributed by atoms with Crippen molar-refractivity contribution in [1.82, 2.24) is 0 Å². The van der Waals surface area contributed by atoms with Gasteiger partial charge in [0.2, 0.25) is 0 Å². The monoisotopic (exact) mass is 226 g/mol. The number of rotatable bonds is 4. The van der Waals surface area contributed by atoms with Gasteiger partial charge in [-0.15, -0.1) is 0 Å². The van der Waals surface area contributed by atoms with Gasteiger partial charge < -0.3 is 14.8 Å². The third-order valence-corrected chi connectivity index (χ3v) is 1.87. The van der Waals surface area contributed by atoms with Gasteiger partial charge in [0, 0.05) is 11.0 Å². The summed E-state index contributed by atoms with van der Waals surface area (Å²) >= 11 is 0. The molecule has 1 rings (SSSR count). The summed E-state index contributed by atoms with van der Waals surface area (Å²) < 4.78 is 18.8. The Morgan fingerprint density at radius 1 is 1.44 bits per heavy atom. The summed E-state index contributed by atoms with van der Waals surface area (Å²) in [5.41, 5.74) is -0.250. The van der Waals surface area contributed by atoms with Crippen LogP contribution >= 0.6 is 0 Å². The number of aldehydes is 1. The molecule has 0 saturated heterocycles. The predicted octanol–water partition coefficient (Wildman–Crippen LogP) is 0.105. The summed E-state index contributed by atoms with van der Waals surface area (Å²) in [6.07, 6.45) is 0.207. The number of carbonyl (C=O) groups is 1. The van der Waals surface area contributed by atoms with Crippen LogP contribution in [-0.4, -0.2) is 29.6 Å². The van der Waals surface area contributed by atoms with E-state index >= 15 is 0 Å². The minimum Gasteiger partial charge on any atom is -0.488 e. The van der Waals surface area contributed by atoms with Crippen LogP contribution in [0.2, 0.25) is 0 Å². The SMILES string of the molecule is CC(C)Oc1cc(C=O)cc(B(O)O)c1F. The third-order valence-electron chi connectivity index (χ3n) is 1.87. The van der Waals surface area contributed by atoms with Gasteiger partial charge in [-0.3, -0.25) is 4.79 Å². The van der Waals surface area contributed by atoms with Crippen LogP contribution in [0.25, 0.3) is 0 Å². The molecule has 16 heavy (non-hydrogen) atoms. The van der Waals surface area contributed by atoms with E-state index in [1.54, 1.807) is 13.8 Å². The molecule has 0 bridgehead atoms. The van der Waals surface area contributed by atoms with E-state index in [2.05, 4.69) is 0 Å². The van der Waals surface area contributed by atoms with Crippen molar-refractivity contribution in [2.24, 2.45) is 0 Å². The van der Waals surface area contributed by atoms with Crippen LogP contribution in [0.4, 0.5) is 4.39 Å². The molecule has 2 N–H and O–H groups in total. The van der Waals surface area contributed by atoms with Crippen molar-refractivity contribution < 1.29 is 24.0 Å². The van der Waals surface area contributed by atoms with Gasteiger partial charge in [0.15, 0.2) is 11.6 Å². The predicted molar refractivity (Wildman–Crippen MR) is 57.4 cm³/mol. The molecule has 0 fully saturated rings. The Morgan fingerprint density at radius 3 is 2.50 bits per heavy atom. The van der Waals surface area contributed by atoms with E-state index in [1.807, 2.05) is 0 Å². The summed E-state index contributed by atoms with van der Waals surface area (Å²) in [4.78, 5) is 10.6. The van der Waals surface area contributed by atoms with Crippen molar-refractivity contribution in [2.75, 3.05) is 0 Å². The number of halogens is 1. The Kier molecular flexibility index (Phi) is 4.03. The summed E-state index contributed by atoms with van der Waals surface area (Å²) in [6.45, 7) is 3.39. The van der Waals surface area contributed by atoms with Gasteiger partial charge in [0.1, 0.15) is 6.29 Å². The van der Waals surface area contributed by atoms with E-state index in [-0.39, 0.29) is 22.9 Å². The fourth-order valence-corrected chi connectivity index (χ4v) is 1.24. The topological polar surface area (TPSA) is 66.8 Å². The Hall–Kier alpha value is -1.40. The van der Waals surface area contributed by atoms with Crippen molar-refractivity contribution in [3.05, 3.63) is 23.5 Å². The first-order chi connectivity index (χ1) is 7.45. The van der Waals surface area contributed by atoms with Gasteiger partial charge in [-0.05, 0) is 26.0 Å². The fraction of sp³-hybridized carbons (Fsp3) is 0.300. The number of benzene rings is 1. The van der Waals surface area contributed by atoms with E-state index in [0.717, 1.165) is 6.07 Å². The number of carbonyl (C=O) groups excluding carboxylic acids is 1. The lowest BCUT2D eigenvalue weighted by molar-refractivity contribution is 0.112. The Morgan fingerprint density at radius 2 is 2.06 bits per heavy atom. The van der Waals surface area contributed by atoms with Crippen LogP contribution in [0.15, 0.2) is 12.1 Å². The highest BCUT2D eigenvalue weighted by Gasteiger charge is 2.21. The molecular formula is C10H12BFO4. The van der Waals surface area contributed by atoms with Crippen LogP contribution in [0.1, 0.15) is 24.2 Å². The number of ether oxygens (including phenoxy) is 1. The van der Waals surface area contributed by atoms with Crippen LogP contribution < -0.4 is 10.2 Å². The quantitative estimate of drug-likeness (QED) is 0.564. The van der Waals surface area contributed by atoms with Crippen LogP contribution in [0.3, 0.4) is 0 Å². The van der Waals surface area contributed by atoms with E-state index in [1.165, 1.54) is 6.07 Å². The Labute approximate surface area is 92.8 Å². The van der Waals surface area contributed by atoms with Gasteiger partial charge in [0.05, 0.1) is 6.10 Å². The number of hydrogen-bond donors (Lipinski definition) is 2. The molecule has 6 heteroatoms. The summed E-state index contributed by atoms with van der Waals surface area (Å²) in [6, 6.07) is 2.29. The van der Waals surface area contributed by atoms with Crippen LogP contribution in [-0.2, 0) is 0 Å². The zero-order valence-electron chi connectivity index (χ0n) is 8.98. The van der Waals surface area contributed by atoms with Crippen molar-refractivity contribution in [3.63, 3.8) is 0 Å². The second-order valence-electron chi connectivity index (χ2n) is 3.58. The maximum absolute atomic E-state index is 13.6. The first-order valence-corrected chi connectivity index (χ1v) is 4.77. The van der Waals surface area contributed by atoms with Gasteiger partial charge in [0.25, 0.3) is 0 Å². The zero-order chi connectivity index (χ0) is 12.3. The van der Waals surface area contributed by atoms with E-state index < -0.39 is 12.9 Å². The second kappa shape index (κ2) is 5.09. The molecule has 0 aliphatic carbocycles. The molecule has 1 aromatic carbocycles. The van der Waals surface area contributed by atoms with Crippen LogP contribution in [0, 0.1) is 5.82 Å². The third kappa shape index (κ3) is 2.80. The largest absolute Gasteiger partial charge is 0.491 e. The number of hydrogen-bond acceptors (Lipinski definition) is 4. The molecule has 0 spiro atoms. The minimum atomic E-state index is -1.98. The van der Waals surface area contributed by atoms with E-state index in [0.29, 0.717) is 6.29 Å². The lowest BCUT2D eigenvalue weighted by atomic mass is 9.79. The first kappa shape index (κ1) is 12.7. The Balaban J connectivity index is 3.25. The summed E-state index contributed by atoms with van der Waals surface area (Å²) in [7, 11) is -1.98. The van der Waals surface area contributed by atoms with Gasteiger partial charge in [-0.1, -0.05) is 0 Å². The van der Waals surface area contributed by atoms with Crippen molar-refractivity contribution in [3.8, 4) is 5.75 Å². The summed E-state index contributed by atoms with van der Waals surface area (Å²) in [5, 5.41) is 17.9. The molecule has 0 unspecified atom stereocenters. The minimum absolute atomic E-state index is 0.125. The standard InChI is InChI=1S/C10H12BFO4/c1-6(2)16-9-4-7(5-13)3-8(10(9)12)11(14)15/h3-6,14-15H,1-2H3. The second-order valence-corrected chi connectivity index (χ2v) is 3.58. The molecule has 0 saturated carbocycles. The van der Waals surface area contributed by atoms with Gasteiger partial charge in [-0.25, -0.2) is 4.39 Å². The average molecular weight is 226 g/mol. The van der Waals surface area contributed by atoms with E-state index in [4.69, 9.17) is 14.8 Å². The van der Waals surface area contributed by atoms with Crippen molar-refractivity contribution in [2.45, 2.75) is 20.0 Å². The van der Waals surface area contributed by atoms with Gasteiger partial charge in [-0.2, -0.15) is 0 Å². The molecule has 4 nitrogen and oxygen atoms in total. The normalized spacial score (nSPS) is 10.4. The molecule has 0 atom stereocenters. The molecule has 0 heterocycles. The van der Waals surface area contributed by atoms with Crippen LogP contribution in [0.5, 0.6) is 5.75 Å². The van der Waals surface area contributed by atoms with Gasteiger partial charge >= 0.3 is 7.12 Å². The molecule has 0 aliphatic rings. The highest BCUT2D eigenvalue weighted by Crippen LogP contribution is 2.18. The maximum atomic E-state index is 13.6. The molecule has 86 valence electrons. The van der Waals surface area contributed by atoms with E-state index in [9.17, 15) is 9.18 Å². The summed E-state index contributed by atoms with van der Waals surface area (Å²) in [5.74, 6) is -1.03. The lowest BCUT2D eigenvalue weighted by Gasteiger charge is -2.13. The highest BCUT2D eigenvalue weighted by atomic mass is 19.1. The zero-order valence-corrected chi connectivity index (χ0v) is 8.98. The van der Waals surface area contributed by atoms with Crippen molar-refractivity contribution >= 4 is 18.9 Å². The smallest absolute Gasteiger partial charge is 0.488 e. The molecule has 0 radical (unpaired) electrons. The fourth-order valence-electron chi connectivity index (χ4n) is 1.24. The highest BCUT2D eigenvalue weighted by molar-refractivity contribution is 6.58. The van der Waals surface area contributed by atoms with Crippen molar-refractivity contribution in [1.29, 1.82) is 0 Å². The maximum Gasteiger partial charge on any atom is 0.491 e. The first-order valence-electron chi connectivity index (χ1n) is 4.77. The molecule has 1 aromatic rings. The molecule has 0 aromatic heterocycles. The Bertz CT molecular complexity index is 393.